The van der Waals surface area contributed by atoms with Gasteiger partial charge in [-0.15, -0.1) is 0 Å². The minimum absolute atomic E-state index is 0.0814. The normalized spacial score (nSPS) is 12.4. The van der Waals surface area contributed by atoms with Gasteiger partial charge in [0.05, 0.1) is 12.0 Å². The van der Waals surface area contributed by atoms with Crippen LogP contribution in [0.4, 0.5) is 5.82 Å². The molecule has 0 saturated carbocycles. The van der Waals surface area contributed by atoms with Crippen molar-refractivity contribution >= 4 is 22.5 Å². The van der Waals surface area contributed by atoms with Gasteiger partial charge < -0.3 is 19.9 Å². The highest BCUT2D eigenvalue weighted by Gasteiger charge is 2.16. The average molecular weight is 460 g/mol. The number of carbonyl (C=O) groups excluding carboxylic acids is 1. The number of anilines is 1. The number of benzene rings is 2. The van der Waals surface area contributed by atoms with Gasteiger partial charge in [-0.05, 0) is 36.2 Å². The molecule has 0 radical (unpaired) electrons. The highest BCUT2D eigenvalue weighted by atomic mass is 16.5. The van der Waals surface area contributed by atoms with Gasteiger partial charge in [0.25, 0.3) is 5.56 Å². The van der Waals surface area contributed by atoms with Crippen molar-refractivity contribution in [2.45, 2.75) is 25.7 Å². The van der Waals surface area contributed by atoms with E-state index in [0.717, 1.165) is 28.7 Å². The molecule has 1 aliphatic rings. The second kappa shape index (κ2) is 9.74. The number of ether oxygens (including phenoxy) is 1. The van der Waals surface area contributed by atoms with Crippen molar-refractivity contribution in [1.82, 2.24) is 25.7 Å². The largest absolute Gasteiger partial charge is 0.493 e. The van der Waals surface area contributed by atoms with E-state index in [1.54, 1.807) is 6.07 Å². The lowest BCUT2D eigenvalue weighted by Gasteiger charge is -2.08. The number of hydrogen-bond donors (Lipinski definition) is 3. The van der Waals surface area contributed by atoms with Crippen LogP contribution >= 0.6 is 0 Å². The average Bonchev–Trinajstić information content (AvgIpc) is 3.53. The lowest BCUT2D eigenvalue weighted by molar-refractivity contribution is -0.121. The molecular formula is C24H24N6O4. The van der Waals surface area contributed by atoms with Crippen molar-refractivity contribution in [1.29, 1.82) is 0 Å². The topological polar surface area (TPSA) is 135 Å². The molecule has 4 aromatic rings. The van der Waals surface area contributed by atoms with Crippen LogP contribution in [0, 0.1) is 0 Å². The van der Waals surface area contributed by atoms with Gasteiger partial charge in [0.2, 0.25) is 17.6 Å². The molecule has 3 N–H and O–H groups in total. The summed E-state index contributed by atoms with van der Waals surface area (Å²) in [6.07, 6.45) is 2.22. The third kappa shape index (κ3) is 4.75. The van der Waals surface area contributed by atoms with Crippen molar-refractivity contribution in [2.24, 2.45) is 0 Å². The van der Waals surface area contributed by atoms with Crippen LogP contribution in [0.1, 0.15) is 24.3 Å². The molecule has 5 rings (SSSR count). The van der Waals surface area contributed by atoms with Crippen LogP contribution in [0.5, 0.6) is 5.75 Å². The van der Waals surface area contributed by atoms with Crippen molar-refractivity contribution in [3.05, 3.63) is 64.3 Å². The van der Waals surface area contributed by atoms with E-state index in [1.165, 1.54) is 0 Å². The van der Waals surface area contributed by atoms with Crippen LogP contribution in [0.25, 0.3) is 22.2 Å². The highest BCUT2D eigenvalue weighted by molar-refractivity contribution is 5.90. The fourth-order valence-corrected chi connectivity index (χ4v) is 3.88. The number of nitrogens with one attached hydrogen (secondary N) is 3. The quantitative estimate of drug-likeness (QED) is 0.324. The number of aromatic amines is 1. The summed E-state index contributed by atoms with van der Waals surface area (Å²) in [5, 5.41) is 18.1. The number of H-pyrrole nitrogens is 1. The summed E-state index contributed by atoms with van der Waals surface area (Å²) in [5.74, 6) is 2.38. The number of aryl methyl sites for hydroxylation is 1. The summed E-state index contributed by atoms with van der Waals surface area (Å²) in [4.78, 5) is 28.4. The number of rotatable bonds is 9. The zero-order chi connectivity index (χ0) is 23.3. The molecule has 0 unspecified atom stereocenters. The molecule has 0 fully saturated rings. The minimum Gasteiger partial charge on any atom is -0.493 e. The van der Waals surface area contributed by atoms with Gasteiger partial charge in [0.1, 0.15) is 5.75 Å². The van der Waals surface area contributed by atoms with Gasteiger partial charge in [-0.25, -0.2) is 5.10 Å². The van der Waals surface area contributed by atoms with Crippen molar-refractivity contribution in [3.63, 3.8) is 0 Å². The lowest BCUT2D eigenvalue weighted by Crippen LogP contribution is -2.26. The molecule has 3 heterocycles. The van der Waals surface area contributed by atoms with Crippen molar-refractivity contribution in [3.8, 4) is 17.1 Å². The van der Waals surface area contributed by atoms with Crippen LogP contribution in [0.15, 0.2) is 51.8 Å². The van der Waals surface area contributed by atoms with Gasteiger partial charge in [-0.3, -0.25) is 9.59 Å². The summed E-state index contributed by atoms with van der Waals surface area (Å²) < 4.78 is 10.8. The molecule has 2 aromatic heterocycles. The molecule has 10 heteroatoms. The lowest BCUT2D eigenvalue weighted by atomic mass is 10.1. The highest BCUT2D eigenvalue weighted by Crippen LogP contribution is 2.29. The monoisotopic (exact) mass is 460 g/mol. The maximum atomic E-state index is 12.2. The SMILES string of the molecule is O=C(CCc1nc(-c2ccc3c(c2)CCO3)no1)NCCCNc1n[nH]c(=O)c2ccccc12. The summed E-state index contributed by atoms with van der Waals surface area (Å²) in [7, 11) is 0. The Morgan fingerprint density at radius 2 is 2.00 bits per heavy atom. The Labute approximate surface area is 194 Å². The van der Waals surface area contributed by atoms with Crippen LogP contribution in [0.3, 0.4) is 0 Å². The molecule has 0 saturated heterocycles. The van der Waals surface area contributed by atoms with E-state index in [0.29, 0.717) is 55.5 Å². The van der Waals surface area contributed by atoms with Gasteiger partial charge >= 0.3 is 0 Å². The van der Waals surface area contributed by atoms with E-state index in [2.05, 4.69) is 31.0 Å². The molecule has 0 spiro atoms. The van der Waals surface area contributed by atoms with Gasteiger partial charge in [0, 0.05) is 43.3 Å². The maximum Gasteiger partial charge on any atom is 0.272 e. The van der Waals surface area contributed by atoms with Gasteiger partial charge in [-0.1, -0.05) is 23.4 Å². The smallest absolute Gasteiger partial charge is 0.272 e. The van der Waals surface area contributed by atoms with Crippen LogP contribution in [-0.4, -0.2) is 45.9 Å². The maximum absolute atomic E-state index is 12.2. The summed E-state index contributed by atoms with van der Waals surface area (Å²) in [6.45, 7) is 1.81. The number of amides is 1. The number of aromatic nitrogens is 4. The molecule has 1 amide bonds. The first kappa shape index (κ1) is 21.6. The Bertz CT molecular complexity index is 1380. The molecule has 1 aliphatic heterocycles. The molecule has 10 nitrogen and oxygen atoms in total. The summed E-state index contributed by atoms with van der Waals surface area (Å²) in [5.41, 5.74) is 1.80. The van der Waals surface area contributed by atoms with Gasteiger partial charge in [0.15, 0.2) is 5.82 Å². The first-order valence-electron chi connectivity index (χ1n) is 11.2. The molecule has 2 aromatic carbocycles. The fraction of sp³-hybridized carbons (Fsp3) is 0.292. The molecule has 0 aliphatic carbocycles. The zero-order valence-electron chi connectivity index (χ0n) is 18.5. The van der Waals surface area contributed by atoms with E-state index in [-0.39, 0.29) is 17.9 Å². The summed E-state index contributed by atoms with van der Waals surface area (Å²) in [6, 6.07) is 13.1. The number of carbonyl (C=O) groups is 1. The number of hydrogen-bond acceptors (Lipinski definition) is 8. The number of fused-ring (bicyclic) bond motifs is 2. The Balaban J connectivity index is 1.05. The molecule has 0 atom stereocenters. The first-order valence-corrected chi connectivity index (χ1v) is 11.2. The van der Waals surface area contributed by atoms with Crippen LogP contribution in [-0.2, 0) is 17.6 Å². The Morgan fingerprint density at radius 3 is 2.91 bits per heavy atom. The second-order valence-electron chi connectivity index (χ2n) is 8.01. The molecule has 174 valence electrons. The van der Waals surface area contributed by atoms with Crippen LogP contribution in [0.2, 0.25) is 0 Å². The third-order valence-electron chi connectivity index (χ3n) is 5.65. The van der Waals surface area contributed by atoms with E-state index in [4.69, 9.17) is 9.26 Å². The Kier molecular flexibility index (Phi) is 6.19. The predicted octanol–water partition coefficient (Wildman–Crippen LogP) is 2.46. The van der Waals surface area contributed by atoms with E-state index >= 15 is 0 Å². The van der Waals surface area contributed by atoms with E-state index in [9.17, 15) is 9.59 Å². The minimum atomic E-state index is -0.219. The third-order valence-corrected chi connectivity index (χ3v) is 5.65. The number of nitrogens with zero attached hydrogens (tertiary/aromatic N) is 3. The van der Waals surface area contributed by atoms with Crippen molar-refractivity contribution < 1.29 is 14.1 Å². The molecular weight excluding hydrogens is 436 g/mol. The fourth-order valence-electron chi connectivity index (χ4n) is 3.88. The zero-order valence-corrected chi connectivity index (χ0v) is 18.5. The Hall–Kier alpha value is -4.21. The standard InChI is InChI=1S/C24H24N6O4/c31-20(25-11-3-12-26-23-17-4-1-2-5-18(17)24(32)29-28-23)8-9-21-27-22(30-34-21)16-6-7-19-15(14-16)10-13-33-19/h1-2,4-7,14H,3,8-13H2,(H,25,31)(H,26,28)(H,29,32). The molecule has 34 heavy (non-hydrogen) atoms. The molecule has 0 bridgehead atoms. The van der Waals surface area contributed by atoms with Crippen LogP contribution < -0.4 is 20.9 Å². The Morgan fingerprint density at radius 1 is 1.12 bits per heavy atom. The predicted molar refractivity (Wildman–Crippen MR) is 126 cm³/mol. The van der Waals surface area contributed by atoms with E-state index < -0.39 is 0 Å². The first-order chi connectivity index (χ1) is 16.7. The van der Waals surface area contributed by atoms with E-state index in [1.807, 2.05) is 36.4 Å². The second-order valence-corrected chi connectivity index (χ2v) is 8.01. The van der Waals surface area contributed by atoms with Crippen molar-refractivity contribution in [2.75, 3.05) is 25.0 Å². The summed E-state index contributed by atoms with van der Waals surface area (Å²) >= 11 is 0. The van der Waals surface area contributed by atoms with Gasteiger partial charge in [-0.2, -0.15) is 10.1 Å².